The minimum Gasteiger partial charge on any atom is -0.310 e. The summed E-state index contributed by atoms with van der Waals surface area (Å²) < 4.78 is 5.26. The minimum atomic E-state index is 1.13. The zero-order valence-corrected chi connectivity index (χ0v) is 28.1. The monoisotopic (exact) mass is 659 g/mol. The van der Waals surface area contributed by atoms with E-state index < -0.39 is 0 Å². The van der Waals surface area contributed by atoms with Gasteiger partial charge in [0.15, 0.2) is 0 Å². The van der Waals surface area contributed by atoms with Crippen molar-refractivity contribution in [3.63, 3.8) is 0 Å². The molecule has 10 rings (SSSR count). The lowest BCUT2D eigenvalue weighted by molar-refractivity contribution is 1.29. The van der Waals surface area contributed by atoms with Crippen LogP contribution in [0.5, 0.6) is 0 Å². The third-order valence-electron chi connectivity index (χ3n) is 9.66. The van der Waals surface area contributed by atoms with E-state index in [1.807, 2.05) is 22.7 Å². The quantitative estimate of drug-likeness (QED) is 0.178. The SMILES string of the molecule is c1cc(-c2cccc3c2sc2ccccc23)cc(N(c2ccc3c(c2)sc2ccccc23)c2ccccc2-c2cccc3ccccc23)c1. The second-order valence-electron chi connectivity index (χ2n) is 12.5. The van der Waals surface area contributed by atoms with Crippen LogP contribution in [0.1, 0.15) is 0 Å². The van der Waals surface area contributed by atoms with Crippen molar-refractivity contribution in [2.45, 2.75) is 0 Å². The molecule has 0 bridgehead atoms. The van der Waals surface area contributed by atoms with E-state index in [1.165, 1.54) is 73.4 Å². The molecule has 0 amide bonds. The normalized spacial score (nSPS) is 11.7. The van der Waals surface area contributed by atoms with Gasteiger partial charge in [-0.05, 0) is 69.9 Å². The number of benzene rings is 8. The third kappa shape index (κ3) is 4.66. The summed E-state index contributed by atoms with van der Waals surface area (Å²) in [4.78, 5) is 2.45. The Hall–Kier alpha value is -5.74. The topological polar surface area (TPSA) is 3.24 Å². The van der Waals surface area contributed by atoms with Crippen LogP contribution in [0.25, 0.3) is 73.4 Å². The van der Waals surface area contributed by atoms with Crippen LogP contribution in [-0.4, -0.2) is 0 Å². The number of anilines is 3. The zero-order valence-electron chi connectivity index (χ0n) is 26.5. The second-order valence-corrected chi connectivity index (χ2v) is 14.6. The van der Waals surface area contributed by atoms with Crippen molar-refractivity contribution in [3.8, 4) is 22.3 Å². The van der Waals surface area contributed by atoms with Crippen molar-refractivity contribution in [1.82, 2.24) is 0 Å². The van der Waals surface area contributed by atoms with Crippen LogP contribution in [0.15, 0.2) is 176 Å². The maximum Gasteiger partial charge on any atom is 0.0540 e. The summed E-state index contributed by atoms with van der Waals surface area (Å²) in [7, 11) is 0. The molecule has 2 aromatic heterocycles. The number of hydrogen-bond acceptors (Lipinski definition) is 3. The summed E-state index contributed by atoms with van der Waals surface area (Å²) in [6, 6.07) is 64.5. The Morgan fingerprint density at radius 3 is 1.84 bits per heavy atom. The number of hydrogen-bond donors (Lipinski definition) is 0. The van der Waals surface area contributed by atoms with E-state index in [4.69, 9.17) is 0 Å². The van der Waals surface area contributed by atoms with Gasteiger partial charge in [0, 0.05) is 57.3 Å². The first-order valence-electron chi connectivity index (χ1n) is 16.6. The molecule has 0 aliphatic heterocycles. The van der Waals surface area contributed by atoms with Gasteiger partial charge in [0.1, 0.15) is 0 Å². The number of fused-ring (bicyclic) bond motifs is 7. The van der Waals surface area contributed by atoms with E-state index >= 15 is 0 Å². The fourth-order valence-corrected chi connectivity index (χ4v) is 9.80. The molecular formula is C46H29NS2. The summed E-state index contributed by atoms with van der Waals surface area (Å²) in [5.74, 6) is 0. The highest BCUT2D eigenvalue weighted by atomic mass is 32.1. The lowest BCUT2D eigenvalue weighted by Crippen LogP contribution is -2.11. The Bertz CT molecular complexity index is 2850. The Labute approximate surface area is 292 Å². The predicted octanol–water partition coefficient (Wildman–Crippen LogP) is 14.4. The molecule has 0 atom stereocenters. The second kappa shape index (κ2) is 11.5. The molecule has 0 fully saturated rings. The first-order chi connectivity index (χ1) is 24.3. The van der Waals surface area contributed by atoms with Gasteiger partial charge in [-0.3, -0.25) is 0 Å². The predicted molar refractivity (Wildman–Crippen MR) is 215 cm³/mol. The molecule has 0 saturated carbocycles. The molecule has 0 unspecified atom stereocenters. The minimum absolute atomic E-state index is 1.13. The Balaban J connectivity index is 1.21. The van der Waals surface area contributed by atoms with Crippen LogP contribution in [0.3, 0.4) is 0 Å². The van der Waals surface area contributed by atoms with Crippen molar-refractivity contribution < 1.29 is 0 Å². The number of rotatable bonds is 5. The smallest absolute Gasteiger partial charge is 0.0540 e. The van der Waals surface area contributed by atoms with E-state index in [1.54, 1.807) is 0 Å². The average molecular weight is 660 g/mol. The van der Waals surface area contributed by atoms with Gasteiger partial charge in [-0.1, -0.05) is 133 Å². The maximum atomic E-state index is 2.45. The van der Waals surface area contributed by atoms with Crippen LogP contribution in [0, 0.1) is 0 Å². The first-order valence-corrected chi connectivity index (χ1v) is 18.2. The van der Waals surface area contributed by atoms with Crippen LogP contribution < -0.4 is 4.90 Å². The molecular weight excluding hydrogens is 631 g/mol. The molecule has 10 aromatic rings. The molecule has 0 aliphatic rings. The van der Waals surface area contributed by atoms with Crippen molar-refractivity contribution in [3.05, 3.63) is 176 Å². The zero-order chi connectivity index (χ0) is 32.3. The van der Waals surface area contributed by atoms with Crippen LogP contribution in [0.4, 0.5) is 17.1 Å². The van der Waals surface area contributed by atoms with Gasteiger partial charge in [-0.25, -0.2) is 0 Å². The summed E-state index contributed by atoms with van der Waals surface area (Å²) in [6.07, 6.45) is 0. The summed E-state index contributed by atoms with van der Waals surface area (Å²) in [6.45, 7) is 0. The van der Waals surface area contributed by atoms with Crippen molar-refractivity contribution in [1.29, 1.82) is 0 Å². The molecule has 0 saturated heterocycles. The van der Waals surface area contributed by atoms with Crippen molar-refractivity contribution in [2.24, 2.45) is 0 Å². The standard InChI is InChI=1S/C46H29NS2/c1-2-16-34-30(12-1)13-10-21-36(34)37-17-3-6-23-42(37)47(33-26-27-40-38-18-4-7-24-43(38)48-45(40)29-33)32-15-9-14-31(28-32)35-20-11-22-41-39-19-5-8-25-44(39)49-46(35)41/h1-29H. The van der Waals surface area contributed by atoms with Crippen LogP contribution in [-0.2, 0) is 0 Å². The molecule has 8 aromatic carbocycles. The van der Waals surface area contributed by atoms with Crippen molar-refractivity contribution >= 4 is 90.9 Å². The van der Waals surface area contributed by atoms with Crippen LogP contribution in [0.2, 0.25) is 0 Å². The maximum absolute atomic E-state index is 2.45. The number of para-hydroxylation sites is 1. The molecule has 2 heterocycles. The largest absolute Gasteiger partial charge is 0.310 e. The molecule has 49 heavy (non-hydrogen) atoms. The van der Waals surface area contributed by atoms with Gasteiger partial charge in [0.25, 0.3) is 0 Å². The highest BCUT2D eigenvalue weighted by Gasteiger charge is 2.20. The molecule has 1 nitrogen and oxygen atoms in total. The summed E-state index contributed by atoms with van der Waals surface area (Å²) >= 11 is 3.75. The van der Waals surface area contributed by atoms with Crippen molar-refractivity contribution in [2.75, 3.05) is 4.90 Å². The first kappa shape index (κ1) is 28.3. The Morgan fingerprint density at radius 1 is 0.347 bits per heavy atom. The van der Waals surface area contributed by atoms with Gasteiger partial charge < -0.3 is 4.90 Å². The molecule has 3 heteroatoms. The summed E-state index contributed by atoms with van der Waals surface area (Å²) in [5, 5.41) is 7.75. The third-order valence-corrected chi connectivity index (χ3v) is 12.0. The van der Waals surface area contributed by atoms with Gasteiger partial charge >= 0.3 is 0 Å². The average Bonchev–Trinajstić information content (AvgIpc) is 3.73. The van der Waals surface area contributed by atoms with Gasteiger partial charge in [-0.2, -0.15) is 0 Å². The summed E-state index contributed by atoms with van der Waals surface area (Å²) in [5.41, 5.74) is 8.33. The number of nitrogens with zero attached hydrogens (tertiary/aromatic N) is 1. The number of thiophene rings is 2. The van der Waals surface area contributed by atoms with Crippen LogP contribution >= 0.6 is 22.7 Å². The van der Waals surface area contributed by atoms with E-state index in [0.717, 1.165) is 17.1 Å². The lowest BCUT2D eigenvalue weighted by atomic mass is 9.96. The lowest BCUT2D eigenvalue weighted by Gasteiger charge is -2.28. The molecule has 230 valence electrons. The molecule has 0 N–H and O–H groups in total. The van der Waals surface area contributed by atoms with E-state index in [9.17, 15) is 0 Å². The molecule has 0 spiro atoms. The Kier molecular flexibility index (Phi) is 6.61. The molecule has 0 aliphatic carbocycles. The van der Waals surface area contributed by atoms with Gasteiger partial charge in [0.05, 0.1) is 5.69 Å². The fourth-order valence-electron chi connectivity index (χ4n) is 7.42. The Morgan fingerprint density at radius 2 is 0.939 bits per heavy atom. The van der Waals surface area contributed by atoms with E-state index in [0.29, 0.717) is 0 Å². The molecule has 0 radical (unpaired) electrons. The van der Waals surface area contributed by atoms with Gasteiger partial charge in [0.2, 0.25) is 0 Å². The van der Waals surface area contributed by atoms with Gasteiger partial charge in [-0.15, -0.1) is 22.7 Å². The highest BCUT2D eigenvalue weighted by molar-refractivity contribution is 7.26. The fraction of sp³-hybridized carbons (Fsp3) is 0. The van der Waals surface area contributed by atoms with E-state index in [-0.39, 0.29) is 0 Å². The highest BCUT2D eigenvalue weighted by Crippen LogP contribution is 2.46. The van der Waals surface area contributed by atoms with E-state index in [2.05, 4.69) is 181 Å².